The fraction of sp³-hybridized carbons (Fsp3) is 0. The van der Waals surface area contributed by atoms with Crippen LogP contribution >= 0.6 is 11.3 Å². The lowest BCUT2D eigenvalue weighted by atomic mass is 9.97. The highest BCUT2D eigenvalue weighted by molar-refractivity contribution is 7.26. The van der Waals surface area contributed by atoms with Gasteiger partial charge in [0.25, 0.3) is 0 Å². The van der Waals surface area contributed by atoms with Crippen LogP contribution in [0.1, 0.15) is 20.6 Å². The van der Waals surface area contributed by atoms with E-state index in [-0.39, 0.29) is 5.69 Å². The van der Waals surface area contributed by atoms with Crippen LogP contribution in [0.3, 0.4) is 0 Å². The Balaban J connectivity index is 1.24. The molecule has 0 aliphatic carbocycles. The second-order valence-electron chi connectivity index (χ2n) is 11.3. The Morgan fingerprint density at radius 3 is 1.94 bits per heavy atom. The molecule has 0 N–H and O–H groups in total. The molecule has 0 bridgehead atoms. The summed E-state index contributed by atoms with van der Waals surface area (Å²) in [4.78, 5) is 1.63. The van der Waals surface area contributed by atoms with Crippen LogP contribution in [0, 0.1) is 0 Å². The van der Waals surface area contributed by atoms with Crippen molar-refractivity contribution in [2.45, 2.75) is 0 Å². The van der Waals surface area contributed by atoms with Gasteiger partial charge in [-0.1, -0.05) is 115 Å². The summed E-state index contributed by atoms with van der Waals surface area (Å²) in [5.74, 6) is 0. The maximum absolute atomic E-state index is 9.60. The fourth-order valence-electron chi connectivity index (χ4n) is 6.19. The zero-order valence-corrected chi connectivity index (χ0v) is 26.2. The van der Waals surface area contributed by atoms with Gasteiger partial charge in [-0.15, -0.1) is 11.3 Å². The number of hydrogen-bond acceptors (Lipinski definition) is 3. The Labute approximate surface area is 308 Å². The van der Waals surface area contributed by atoms with Crippen molar-refractivity contribution in [3.05, 3.63) is 176 Å². The third-order valence-electron chi connectivity index (χ3n) is 8.46. The highest BCUT2D eigenvalue weighted by Gasteiger charge is 2.19. The van der Waals surface area contributed by atoms with Gasteiger partial charge in [-0.25, -0.2) is 0 Å². The van der Waals surface area contributed by atoms with Gasteiger partial charge in [-0.05, 0) is 87.5 Å². The minimum absolute atomic E-state index is 0.157. The lowest BCUT2D eigenvalue weighted by Gasteiger charge is -2.26. The minimum atomic E-state index is -0.782. The number of hydrogen-bond donors (Lipinski definition) is 0. The van der Waals surface area contributed by atoms with Crippen LogP contribution in [-0.2, 0) is 0 Å². The van der Waals surface area contributed by atoms with Crippen molar-refractivity contribution >= 4 is 81.3 Å². The molecule has 0 saturated carbocycles. The highest BCUT2D eigenvalue weighted by atomic mass is 32.1. The predicted octanol–water partition coefficient (Wildman–Crippen LogP) is 13.9. The molecule has 0 atom stereocenters. The minimum Gasteiger partial charge on any atom is -0.456 e. The third-order valence-corrected chi connectivity index (χ3v) is 9.66. The first-order valence-corrected chi connectivity index (χ1v) is 16.2. The average Bonchev–Trinajstić information content (AvgIpc) is 3.87. The summed E-state index contributed by atoms with van der Waals surface area (Å²) in [6.45, 7) is 0. The number of fused-ring (bicyclic) bond motifs is 7. The number of benzene rings is 8. The first kappa shape index (κ1) is 16.8. The molecular weight excluding hydrogens is 615 g/mol. The number of nitrogens with zero attached hydrogens (tertiary/aromatic N) is 1. The molecule has 0 amide bonds. The van der Waals surface area contributed by atoms with E-state index < -0.39 is 124 Å². The second kappa shape index (κ2) is 11.2. The lowest BCUT2D eigenvalue weighted by molar-refractivity contribution is 0.669. The summed E-state index contributed by atoms with van der Waals surface area (Å²) in [6, 6.07) is 15.9. The van der Waals surface area contributed by atoms with E-state index in [9.17, 15) is 8.22 Å². The van der Waals surface area contributed by atoms with Crippen LogP contribution in [0.5, 0.6) is 0 Å². The van der Waals surface area contributed by atoms with Crippen LogP contribution < -0.4 is 4.90 Å². The van der Waals surface area contributed by atoms with Crippen LogP contribution in [-0.4, -0.2) is 0 Å². The standard InChI is InChI=1S/C46H29NOS/c1-2-9-30(10-3-1)32-17-19-35-28-33(18-20-34(35)27-32)31-21-23-36(24-22-31)47(37-25-26-39-38-11-4-6-15-43(38)48-44(39)29-37)42-14-8-13-41-40-12-5-7-16-45(40)49-46(41)42/h1-29H/i1D,2D,3D,9D,10D,17D,18D,19D,20D,21D,22D,23D,24D,27D,28D. The Kier molecular flexibility index (Phi) is 3.85. The highest BCUT2D eigenvalue weighted by Crippen LogP contribution is 2.46. The van der Waals surface area contributed by atoms with Gasteiger partial charge in [0.05, 0.1) is 30.9 Å². The van der Waals surface area contributed by atoms with Crippen molar-refractivity contribution < 1.29 is 25.0 Å². The molecule has 2 heterocycles. The van der Waals surface area contributed by atoms with Crippen LogP contribution in [0.2, 0.25) is 0 Å². The second-order valence-corrected chi connectivity index (χ2v) is 12.4. The van der Waals surface area contributed by atoms with Crippen LogP contribution in [0.25, 0.3) is 75.1 Å². The van der Waals surface area contributed by atoms with E-state index in [1.165, 1.54) is 11.3 Å². The largest absolute Gasteiger partial charge is 0.456 e. The molecule has 49 heavy (non-hydrogen) atoms. The average molecular weight is 659 g/mol. The molecular formula is C46H29NOS. The fourth-order valence-corrected chi connectivity index (χ4v) is 7.40. The van der Waals surface area contributed by atoms with Crippen molar-refractivity contribution in [2.24, 2.45) is 0 Å². The van der Waals surface area contributed by atoms with Gasteiger partial charge in [0.2, 0.25) is 0 Å². The molecule has 0 fully saturated rings. The summed E-state index contributed by atoms with van der Waals surface area (Å²) in [5, 5.41) is 2.62. The van der Waals surface area contributed by atoms with E-state index in [4.69, 9.17) is 16.8 Å². The first-order valence-electron chi connectivity index (χ1n) is 22.9. The normalized spacial score (nSPS) is 16.0. The molecule has 10 aromatic rings. The molecule has 3 heteroatoms. The first-order chi connectivity index (χ1) is 30.5. The molecule has 0 spiro atoms. The molecule has 8 aromatic carbocycles. The van der Waals surface area contributed by atoms with Crippen LogP contribution in [0.15, 0.2) is 180 Å². The molecule has 0 saturated heterocycles. The third kappa shape index (κ3) is 4.70. The lowest BCUT2D eigenvalue weighted by Crippen LogP contribution is -2.10. The summed E-state index contributed by atoms with van der Waals surface area (Å²) in [7, 11) is 0. The Morgan fingerprint density at radius 2 is 1.14 bits per heavy atom. The number of para-hydroxylation sites is 1. The smallest absolute Gasteiger partial charge is 0.137 e. The Bertz CT molecular complexity index is 3650. The maximum Gasteiger partial charge on any atom is 0.137 e. The van der Waals surface area contributed by atoms with Gasteiger partial charge in [0.15, 0.2) is 0 Å². The van der Waals surface area contributed by atoms with E-state index in [0.29, 0.717) is 22.5 Å². The van der Waals surface area contributed by atoms with Gasteiger partial charge in [0.1, 0.15) is 11.2 Å². The molecule has 10 rings (SSSR count). The molecule has 0 unspecified atom stereocenters. The van der Waals surface area contributed by atoms with Crippen molar-refractivity contribution in [3.63, 3.8) is 0 Å². The maximum atomic E-state index is 9.60. The predicted molar refractivity (Wildman–Crippen MR) is 210 cm³/mol. The topological polar surface area (TPSA) is 16.4 Å². The SMILES string of the molecule is [2H]c1c([2H])c([2H])c(-c2c([2H])c([2H])c3c([2H])c(-c4c([2H])c([2H])c(N(c5ccc6c(c5)oc5ccccc56)c5cccc6c5sc5ccccc56)c([2H])c4[2H])c([2H])c([2H])c3c2[2H])c([2H])c1[2H]. The van der Waals surface area contributed by atoms with E-state index in [1.54, 1.807) is 17.0 Å². The van der Waals surface area contributed by atoms with Gasteiger partial charge >= 0.3 is 0 Å². The van der Waals surface area contributed by atoms with Crippen molar-refractivity contribution in [3.8, 4) is 22.3 Å². The monoisotopic (exact) mass is 658 g/mol. The summed E-state index contributed by atoms with van der Waals surface area (Å²) in [5.41, 5.74) is -0.153. The number of thiophene rings is 1. The van der Waals surface area contributed by atoms with Crippen LogP contribution in [0.4, 0.5) is 17.1 Å². The van der Waals surface area contributed by atoms with Crippen molar-refractivity contribution in [1.29, 1.82) is 0 Å². The quantitative estimate of drug-likeness (QED) is 0.183. The molecule has 230 valence electrons. The summed E-state index contributed by atoms with van der Waals surface area (Å²) in [6.07, 6.45) is 0. The van der Waals surface area contributed by atoms with Gasteiger partial charge < -0.3 is 9.32 Å². The molecule has 0 aliphatic heterocycles. The number of rotatable bonds is 5. The van der Waals surface area contributed by atoms with E-state index in [1.807, 2.05) is 72.8 Å². The van der Waals surface area contributed by atoms with Gasteiger partial charge in [0, 0.05) is 43.7 Å². The van der Waals surface area contributed by atoms with Gasteiger partial charge in [-0.2, -0.15) is 0 Å². The van der Waals surface area contributed by atoms with Crippen molar-refractivity contribution in [1.82, 2.24) is 0 Å². The van der Waals surface area contributed by atoms with E-state index in [0.717, 1.165) is 30.9 Å². The molecule has 2 nitrogen and oxygen atoms in total. The van der Waals surface area contributed by atoms with Gasteiger partial charge in [-0.3, -0.25) is 0 Å². The Morgan fingerprint density at radius 1 is 0.490 bits per heavy atom. The van der Waals surface area contributed by atoms with E-state index in [2.05, 4.69) is 0 Å². The summed E-state index contributed by atoms with van der Waals surface area (Å²) < 4.78 is 142. The molecule has 0 aliphatic rings. The zero-order chi connectivity index (χ0) is 45.4. The number of anilines is 3. The molecule has 2 aromatic heterocycles. The van der Waals surface area contributed by atoms with Crippen molar-refractivity contribution in [2.75, 3.05) is 4.90 Å². The number of furan rings is 1. The summed E-state index contributed by atoms with van der Waals surface area (Å²) >= 11 is 1.50. The van der Waals surface area contributed by atoms with E-state index >= 15 is 0 Å². The zero-order valence-electron chi connectivity index (χ0n) is 40.3. The Hall–Kier alpha value is -6.16. The molecule has 0 radical (unpaired) electrons.